The maximum atomic E-state index is 12.4. The Labute approximate surface area is 137 Å². The van der Waals surface area contributed by atoms with Crippen LogP contribution in [0, 0.1) is 11.8 Å². The topological polar surface area (TPSA) is 61.9 Å². The second-order valence-electron chi connectivity index (χ2n) is 7.10. The minimum absolute atomic E-state index is 0.148. The summed E-state index contributed by atoms with van der Waals surface area (Å²) in [6.45, 7) is 2.07. The molecule has 1 saturated carbocycles. The summed E-state index contributed by atoms with van der Waals surface area (Å²) in [6.07, 6.45) is 4.47. The van der Waals surface area contributed by atoms with Crippen LogP contribution in [0.25, 0.3) is 0 Å². The van der Waals surface area contributed by atoms with Crippen molar-refractivity contribution in [2.45, 2.75) is 31.8 Å². The number of rotatable bonds is 0. The van der Waals surface area contributed by atoms with Crippen LogP contribution in [0.3, 0.4) is 0 Å². The number of carbonyl (C=O) groups excluding carboxylic acids is 1. The van der Waals surface area contributed by atoms with E-state index in [0.29, 0.717) is 0 Å². The van der Waals surface area contributed by atoms with Crippen LogP contribution in [0.5, 0.6) is 0 Å². The quantitative estimate of drug-likeness (QED) is 0.795. The van der Waals surface area contributed by atoms with Crippen molar-refractivity contribution >= 4 is 17.4 Å². The first-order chi connectivity index (χ1) is 11.1. The maximum Gasteiger partial charge on any atom is 0.266 e. The largest absolute Gasteiger partial charge is 0.356 e. The van der Waals surface area contributed by atoms with Crippen molar-refractivity contribution in [1.29, 1.82) is 0 Å². The van der Waals surface area contributed by atoms with Crippen molar-refractivity contribution in [2.75, 3.05) is 25.0 Å². The number of anilines is 1. The lowest BCUT2D eigenvalue weighted by atomic mass is 9.84. The summed E-state index contributed by atoms with van der Waals surface area (Å²) in [5, 5.41) is 0. The van der Waals surface area contributed by atoms with Crippen LogP contribution >= 0.6 is 0 Å². The Morgan fingerprint density at radius 2 is 1.70 bits per heavy atom. The van der Waals surface area contributed by atoms with Gasteiger partial charge >= 0.3 is 0 Å². The summed E-state index contributed by atoms with van der Waals surface area (Å²) >= 11 is 0. The lowest BCUT2D eigenvalue weighted by molar-refractivity contribution is -0.119. The number of benzodiazepines with no additional fused rings is 1. The van der Waals surface area contributed by atoms with Gasteiger partial charge in [-0.3, -0.25) is 4.79 Å². The second kappa shape index (κ2) is 5.64. The zero-order chi connectivity index (χ0) is 16.0. The first-order valence-corrected chi connectivity index (χ1v) is 8.59. The highest BCUT2D eigenvalue weighted by Gasteiger charge is 2.34. The molecule has 0 radical (unpaired) electrons. The Bertz CT molecular complexity index is 634. The second-order valence-corrected chi connectivity index (χ2v) is 7.10. The van der Waals surface area contributed by atoms with Crippen LogP contribution in [-0.4, -0.2) is 42.9 Å². The van der Waals surface area contributed by atoms with Crippen molar-refractivity contribution in [3.05, 3.63) is 29.8 Å². The highest BCUT2D eigenvalue weighted by molar-refractivity contribution is 6.11. The Morgan fingerprint density at radius 1 is 1.09 bits per heavy atom. The van der Waals surface area contributed by atoms with Crippen molar-refractivity contribution in [1.82, 2.24) is 4.90 Å². The molecule has 3 heterocycles. The molecule has 0 spiro atoms. The van der Waals surface area contributed by atoms with E-state index in [0.717, 1.165) is 42.0 Å². The number of benzene rings is 1. The number of hydrogen-bond acceptors (Lipinski definition) is 4. The number of carbonyl (C=O) groups is 1. The van der Waals surface area contributed by atoms with Gasteiger partial charge < -0.3 is 15.5 Å². The van der Waals surface area contributed by atoms with E-state index in [9.17, 15) is 4.79 Å². The zero-order valence-electron chi connectivity index (χ0n) is 13.6. The fraction of sp³-hybridized carbons (Fsp3) is 0.556. The molecular weight excluding hydrogens is 288 g/mol. The van der Waals surface area contributed by atoms with Crippen molar-refractivity contribution in [3.8, 4) is 0 Å². The number of amidine groups is 1. The molecular formula is C18H24N4O. The van der Waals surface area contributed by atoms with Gasteiger partial charge in [-0.2, -0.15) is 0 Å². The van der Waals surface area contributed by atoms with E-state index in [1.807, 2.05) is 18.2 Å². The van der Waals surface area contributed by atoms with Gasteiger partial charge in [-0.05, 0) is 49.7 Å². The van der Waals surface area contributed by atoms with E-state index < -0.39 is 6.17 Å². The van der Waals surface area contributed by atoms with Gasteiger partial charge in [-0.25, -0.2) is 4.99 Å². The molecule has 5 heteroatoms. The molecule has 1 aromatic rings. The smallest absolute Gasteiger partial charge is 0.266 e. The summed E-state index contributed by atoms with van der Waals surface area (Å²) in [5.74, 6) is 2.25. The molecule has 5 nitrogen and oxygen atoms in total. The standard InChI is InChI=1S/C18H24N4O/c1-21-15-5-3-2-4-14(15)17(20-16(19)18(21)23)22-10-12-6-7-13(11-22)9-8-12/h2-5,12-13,16H,6-11,19H2,1H3/t12?,13?,16-/m0/s1. The third-order valence-electron chi connectivity index (χ3n) is 5.57. The Balaban J connectivity index is 1.78. The van der Waals surface area contributed by atoms with Gasteiger partial charge in [0.25, 0.3) is 5.91 Å². The van der Waals surface area contributed by atoms with Gasteiger partial charge in [0.1, 0.15) is 5.84 Å². The normalized spacial score (nSPS) is 30.6. The minimum atomic E-state index is -0.816. The predicted molar refractivity (Wildman–Crippen MR) is 91.4 cm³/mol. The van der Waals surface area contributed by atoms with Crippen molar-refractivity contribution < 1.29 is 4.79 Å². The fourth-order valence-corrected chi connectivity index (χ4v) is 4.25. The van der Waals surface area contributed by atoms with E-state index >= 15 is 0 Å². The molecule has 2 saturated heterocycles. The maximum absolute atomic E-state index is 12.4. The van der Waals surface area contributed by atoms with E-state index in [4.69, 9.17) is 5.73 Å². The van der Waals surface area contributed by atoms with Gasteiger partial charge in [-0.15, -0.1) is 0 Å². The molecule has 0 unspecified atom stereocenters. The summed E-state index contributed by atoms with van der Waals surface area (Å²) < 4.78 is 0. The number of aliphatic imine (C=N–C) groups is 1. The molecule has 5 rings (SSSR count). The molecule has 2 bridgehead atoms. The molecule has 1 atom stereocenters. The molecule has 3 aliphatic heterocycles. The first kappa shape index (κ1) is 14.7. The number of hydrogen-bond donors (Lipinski definition) is 1. The highest BCUT2D eigenvalue weighted by atomic mass is 16.2. The van der Waals surface area contributed by atoms with Crippen LogP contribution in [0.15, 0.2) is 29.3 Å². The molecule has 23 heavy (non-hydrogen) atoms. The Hall–Kier alpha value is -1.88. The lowest BCUT2D eigenvalue weighted by Crippen LogP contribution is -2.40. The summed E-state index contributed by atoms with van der Waals surface area (Å²) in [7, 11) is 1.78. The van der Waals surface area contributed by atoms with Gasteiger partial charge in [0.2, 0.25) is 0 Å². The van der Waals surface area contributed by atoms with Crippen LogP contribution in [-0.2, 0) is 4.79 Å². The zero-order valence-corrected chi connectivity index (χ0v) is 13.6. The van der Waals surface area contributed by atoms with Crippen LogP contribution < -0.4 is 10.6 Å². The fourth-order valence-electron chi connectivity index (χ4n) is 4.25. The minimum Gasteiger partial charge on any atom is -0.356 e. The summed E-state index contributed by atoms with van der Waals surface area (Å²) in [6, 6.07) is 8.01. The molecule has 1 amide bonds. The third-order valence-corrected chi connectivity index (χ3v) is 5.57. The number of fused-ring (bicyclic) bond motifs is 5. The summed E-state index contributed by atoms with van der Waals surface area (Å²) in [5.41, 5.74) is 7.99. The number of nitrogens with two attached hydrogens (primary N) is 1. The van der Waals surface area contributed by atoms with Crippen molar-refractivity contribution in [2.24, 2.45) is 22.6 Å². The molecule has 0 aromatic heterocycles. The SMILES string of the molecule is CN1C(=O)[C@@H](N)N=C(N2CC3CCC(CC3)C2)c2ccccc21. The number of para-hydroxylation sites is 1. The van der Waals surface area contributed by atoms with Gasteiger partial charge in [0.05, 0.1) is 5.69 Å². The number of likely N-dealkylation sites (N-methyl/N-ethyl adjacent to an activating group) is 1. The number of amides is 1. The lowest BCUT2D eigenvalue weighted by Gasteiger charge is -2.27. The molecule has 1 aromatic carbocycles. The number of nitrogens with zero attached hydrogens (tertiary/aromatic N) is 3. The van der Waals surface area contributed by atoms with Crippen LogP contribution in [0.4, 0.5) is 5.69 Å². The van der Waals surface area contributed by atoms with E-state index in [1.54, 1.807) is 11.9 Å². The Kier molecular flexibility index (Phi) is 3.60. The molecule has 3 fully saturated rings. The monoisotopic (exact) mass is 312 g/mol. The average Bonchev–Trinajstić information content (AvgIpc) is 2.94. The average molecular weight is 312 g/mol. The van der Waals surface area contributed by atoms with E-state index in [2.05, 4.69) is 16.0 Å². The van der Waals surface area contributed by atoms with E-state index in [1.165, 1.54) is 25.7 Å². The van der Waals surface area contributed by atoms with Crippen molar-refractivity contribution in [3.63, 3.8) is 0 Å². The van der Waals surface area contributed by atoms with Crippen LogP contribution in [0.2, 0.25) is 0 Å². The summed E-state index contributed by atoms with van der Waals surface area (Å²) in [4.78, 5) is 21.1. The molecule has 1 aliphatic carbocycles. The predicted octanol–water partition coefficient (Wildman–Crippen LogP) is 1.82. The van der Waals surface area contributed by atoms with E-state index in [-0.39, 0.29) is 5.91 Å². The van der Waals surface area contributed by atoms with Crippen LogP contribution in [0.1, 0.15) is 31.2 Å². The van der Waals surface area contributed by atoms with Gasteiger partial charge in [-0.1, -0.05) is 12.1 Å². The molecule has 4 aliphatic rings. The molecule has 122 valence electrons. The van der Waals surface area contributed by atoms with Gasteiger partial charge in [0, 0.05) is 25.7 Å². The highest BCUT2D eigenvalue weighted by Crippen LogP contribution is 2.35. The first-order valence-electron chi connectivity index (χ1n) is 8.59. The third kappa shape index (κ3) is 2.53. The van der Waals surface area contributed by atoms with Gasteiger partial charge in [0.15, 0.2) is 6.17 Å². The Morgan fingerprint density at radius 3 is 2.35 bits per heavy atom. The molecule has 2 N–H and O–H groups in total.